The van der Waals surface area contributed by atoms with E-state index in [1.807, 2.05) is 0 Å². The number of nitrogens with zero attached hydrogens (tertiary/aromatic N) is 1. The zero-order valence-corrected chi connectivity index (χ0v) is 8.80. The number of nitro groups is 1. The lowest BCUT2D eigenvalue weighted by Crippen LogP contribution is -1.98. The van der Waals surface area contributed by atoms with E-state index in [0.717, 1.165) is 12.1 Å². The quantitative estimate of drug-likeness (QED) is 0.476. The maximum Gasteiger partial charge on any atom is 0.286 e. The Kier molecular flexibility index (Phi) is 3.17. The van der Waals surface area contributed by atoms with Crippen LogP contribution in [0.1, 0.15) is 10.4 Å². The van der Waals surface area contributed by atoms with Gasteiger partial charge in [-0.15, -0.1) is 0 Å². The monoisotopic (exact) mass is 281 g/mol. The van der Waals surface area contributed by atoms with Crippen molar-refractivity contribution in [3.8, 4) is 0 Å². The van der Waals surface area contributed by atoms with Gasteiger partial charge < -0.3 is 0 Å². The summed E-state index contributed by atoms with van der Waals surface area (Å²) in [6.07, 6.45) is 0. The molecule has 1 aromatic carbocycles. The first-order valence-corrected chi connectivity index (χ1v) is 4.44. The molecule has 74 valence electrons. The summed E-state index contributed by atoms with van der Waals surface area (Å²) >= 11 is 7.72. The van der Waals surface area contributed by atoms with Crippen LogP contribution in [-0.2, 0) is 0 Å². The van der Waals surface area contributed by atoms with Gasteiger partial charge in [-0.2, -0.15) is 0 Å². The van der Waals surface area contributed by atoms with Crippen molar-refractivity contribution in [2.45, 2.75) is 0 Å². The predicted octanol–water partition coefficient (Wildman–Crippen LogP) is 2.88. The van der Waals surface area contributed by atoms with E-state index in [0.29, 0.717) is 0 Å². The molecule has 14 heavy (non-hydrogen) atoms. The highest BCUT2D eigenvalue weighted by Gasteiger charge is 2.21. The van der Waals surface area contributed by atoms with Crippen molar-refractivity contribution in [3.63, 3.8) is 0 Å². The van der Waals surface area contributed by atoms with Gasteiger partial charge in [-0.1, -0.05) is 0 Å². The number of benzene rings is 1. The van der Waals surface area contributed by atoms with Gasteiger partial charge in [0.25, 0.3) is 10.9 Å². The largest absolute Gasteiger partial charge is 0.286 e. The van der Waals surface area contributed by atoms with E-state index in [-0.39, 0.29) is 4.47 Å². The zero-order valence-electron chi connectivity index (χ0n) is 6.46. The summed E-state index contributed by atoms with van der Waals surface area (Å²) in [6, 6.07) is 1.97. The van der Waals surface area contributed by atoms with Crippen molar-refractivity contribution in [2.24, 2.45) is 0 Å². The Hall–Kier alpha value is -1.01. The molecular formula is C7H2BrClFNO3. The van der Waals surface area contributed by atoms with E-state index < -0.39 is 27.2 Å². The van der Waals surface area contributed by atoms with Crippen LogP contribution in [0.15, 0.2) is 16.6 Å². The molecule has 0 fully saturated rings. The highest BCUT2D eigenvalue weighted by atomic mass is 79.9. The molecule has 0 aliphatic rings. The van der Waals surface area contributed by atoms with Gasteiger partial charge in [-0.05, 0) is 33.6 Å². The number of halogens is 3. The van der Waals surface area contributed by atoms with Crippen LogP contribution >= 0.6 is 27.5 Å². The lowest BCUT2D eigenvalue weighted by atomic mass is 10.2. The number of hydrogen-bond donors (Lipinski definition) is 0. The molecule has 0 atom stereocenters. The van der Waals surface area contributed by atoms with Gasteiger partial charge in [0.2, 0.25) is 0 Å². The fourth-order valence-corrected chi connectivity index (χ4v) is 1.47. The second-order valence-electron chi connectivity index (χ2n) is 2.29. The minimum absolute atomic E-state index is 0.381. The molecule has 0 unspecified atom stereocenters. The Morgan fingerprint density at radius 2 is 2.14 bits per heavy atom. The summed E-state index contributed by atoms with van der Waals surface area (Å²) in [4.78, 5) is 20.2. The molecule has 0 aliphatic carbocycles. The fraction of sp³-hybridized carbons (Fsp3) is 0. The van der Waals surface area contributed by atoms with Gasteiger partial charge in [0.15, 0.2) is 5.82 Å². The molecule has 0 saturated heterocycles. The van der Waals surface area contributed by atoms with Crippen molar-refractivity contribution in [3.05, 3.63) is 38.1 Å². The Morgan fingerprint density at radius 1 is 1.57 bits per heavy atom. The molecule has 4 nitrogen and oxygen atoms in total. The molecule has 0 amide bonds. The summed E-state index contributed by atoms with van der Waals surface area (Å²) < 4.78 is 12.8. The maximum absolute atomic E-state index is 13.2. The molecule has 7 heteroatoms. The van der Waals surface area contributed by atoms with Crippen molar-refractivity contribution in [2.75, 3.05) is 0 Å². The molecule has 0 N–H and O–H groups in total. The normalized spacial score (nSPS) is 9.93. The average Bonchev–Trinajstić information content (AvgIpc) is 2.08. The summed E-state index contributed by atoms with van der Waals surface area (Å²) in [6.45, 7) is 0. The van der Waals surface area contributed by atoms with Crippen LogP contribution in [0.2, 0.25) is 0 Å². The molecule has 0 radical (unpaired) electrons. The highest BCUT2D eigenvalue weighted by Crippen LogP contribution is 2.30. The second kappa shape index (κ2) is 4.02. The number of carbonyl (C=O) groups excluding carboxylic acids is 1. The van der Waals surface area contributed by atoms with Gasteiger partial charge in [0, 0.05) is 6.07 Å². The third kappa shape index (κ3) is 1.91. The van der Waals surface area contributed by atoms with Crippen LogP contribution < -0.4 is 0 Å². The van der Waals surface area contributed by atoms with Gasteiger partial charge in [-0.3, -0.25) is 14.9 Å². The first kappa shape index (κ1) is 11.1. The molecule has 1 aromatic rings. The Morgan fingerprint density at radius 3 is 2.57 bits per heavy atom. The molecule has 0 aliphatic heterocycles. The highest BCUT2D eigenvalue weighted by molar-refractivity contribution is 9.10. The van der Waals surface area contributed by atoms with Gasteiger partial charge in [0.1, 0.15) is 4.47 Å². The first-order chi connectivity index (χ1) is 6.45. The summed E-state index contributed by atoms with van der Waals surface area (Å²) in [5.41, 5.74) is -0.853. The van der Waals surface area contributed by atoms with Crippen molar-refractivity contribution in [1.29, 1.82) is 0 Å². The number of hydrogen-bond acceptors (Lipinski definition) is 3. The fourth-order valence-electron chi connectivity index (χ4n) is 0.832. The van der Waals surface area contributed by atoms with Crippen molar-refractivity contribution in [1.82, 2.24) is 0 Å². The number of rotatable bonds is 2. The molecule has 0 aromatic heterocycles. The first-order valence-electron chi connectivity index (χ1n) is 3.27. The minimum atomic E-state index is -1.03. The van der Waals surface area contributed by atoms with E-state index in [9.17, 15) is 19.3 Å². The summed E-state index contributed by atoms with van der Waals surface area (Å²) in [5.74, 6) is -1.03. The molecule has 0 bridgehead atoms. The summed E-state index contributed by atoms with van der Waals surface area (Å²) in [5, 5.41) is 9.34. The topological polar surface area (TPSA) is 60.2 Å². The lowest BCUT2D eigenvalue weighted by Gasteiger charge is -2.00. The Balaban J connectivity index is 3.41. The van der Waals surface area contributed by atoms with E-state index in [1.54, 1.807) is 0 Å². The lowest BCUT2D eigenvalue weighted by molar-refractivity contribution is -0.385. The Labute approximate surface area is 90.9 Å². The van der Waals surface area contributed by atoms with E-state index in [4.69, 9.17) is 11.6 Å². The van der Waals surface area contributed by atoms with Crippen LogP contribution in [0, 0.1) is 15.9 Å². The van der Waals surface area contributed by atoms with E-state index >= 15 is 0 Å². The third-order valence-electron chi connectivity index (χ3n) is 1.47. The average molecular weight is 282 g/mol. The van der Waals surface area contributed by atoms with Crippen molar-refractivity contribution < 1.29 is 14.1 Å². The summed E-state index contributed by atoms with van der Waals surface area (Å²) in [7, 11) is 0. The molecule has 1 rings (SSSR count). The van der Waals surface area contributed by atoms with Crippen LogP contribution in [0.5, 0.6) is 0 Å². The maximum atomic E-state index is 13.2. The van der Waals surface area contributed by atoms with E-state index in [1.165, 1.54) is 0 Å². The number of nitro benzene ring substituents is 1. The zero-order chi connectivity index (χ0) is 10.9. The molecule has 0 spiro atoms. The van der Waals surface area contributed by atoms with Crippen LogP contribution in [0.25, 0.3) is 0 Å². The SMILES string of the molecule is O=C(Cl)c1ccc([N+](=O)[O-])c(Br)c1F. The molecule has 0 saturated carbocycles. The van der Waals surface area contributed by atoms with Crippen LogP contribution in [0.4, 0.5) is 10.1 Å². The van der Waals surface area contributed by atoms with E-state index in [2.05, 4.69) is 15.9 Å². The Bertz CT molecular complexity index is 385. The van der Waals surface area contributed by atoms with Gasteiger partial charge >= 0.3 is 0 Å². The number of carbonyl (C=O) groups is 1. The molecular weight excluding hydrogens is 280 g/mol. The van der Waals surface area contributed by atoms with Crippen molar-refractivity contribution >= 4 is 38.5 Å². The predicted molar refractivity (Wildman–Crippen MR) is 50.9 cm³/mol. The minimum Gasteiger partial charge on any atom is -0.275 e. The van der Waals surface area contributed by atoms with Crippen LogP contribution in [-0.4, -0.2) is 10.2 Å². The second-order valence-corrected chi connectivity index (χ2v) is 3.43. The standard InChI is InChI=1S/C7H2BrClFNO3/c8-5-4(11(13)14)2-1-3(6(5)10)7(9)12/h1-2H. The molecule has 0 heterocycles. The van der Waals surface area contributed by atoms with Gasteiger partial charge in [-0.25, -0.2) is 4.39 Å². The third-order valence-corrected chi connectivity index (χ3v) is 2.43. The smallest absolute Gasteiger partial charge is 0.275 e. The van der Waals surface area contributed by atoms with Crippen LogP contribution in [0.3, 0.4) is 0 Å². The van der Waals surface area contributed by atoms with Gasteiger partial charge in [0.05, 0.1) is 10.5 Å².